The van der Waals surface area contributed by atoms with E-state index in [9.17, 15) is 9.59 Å². The number of esters is 1. The van der Waals surface area contributed by atoms with Crippen LogP contribution in [0.5, 0.6) is 0 Å². The maximum atomic E-state index is 11.2. The van der Waals surface area contributed by atoms with Gasteiger partial charge >= 0.3 is 11.9 Å². The monoisotopic (exact) mass is 275 g/mol. The summed E-state index contributed by atoms with van der Waals surface area (Å²) < 4.78 is 4.89. The average molecular weight is 275 g/mol. The molecule has 0 heterocycles. The molecule has 0 radical (unpaired) electrons. The summed E-state index contributed by atoms with van der Waals surface area (Å²) in [5.74, 6) is -1.69. The lowest BCUT2D eigenvalue weighted by Crippen LogP contribution is -2.30. The van der Waals surface area contributed by atoms with Gasteiger partial charge < -0.3 is 14.7 Å². The Kier molecular flexibility index (Phi) is 7.47. The third-order valence-corrected chi connectivity index (χ3v) is 1.99. The zero-order valence-corrected chi connectivity index (χ0v) is 11.9. The van der Waals surface area contributed by atoms with Crippen LogP contribution in [0.4, 0.5) is 0 Å². The van der Waals surface area contributed by atoms with Crippen LogP contribution in [0, 0.1) is 5.92 Å². The van der Waals surface area contributed by atoms with E-state index in [2.05, 4.69) is 10.5 Å². The Morgan fingerprint density at radius 2 is 1.79 bits per heavy atom. The van der Waals surface area contributed by atoms with Crippen molar-refractivity contribution in [2.45, 2.75) is 47.0 Å². The molecule has 0 amide bonds. The first kappa shape index (κ1) is 17.1. The SMILES string of the molecule is CC(O/N=N\N(CC(=O)O)C(C)C)OC(=O)C(C)C. The highest BCUT2D eigenvalue weighted by Gasteiger charge is 2.14. The molecule has 110 valence electrons. The molecule has 0 saturated carbocycles. The van der Waals surface area contributed by atoms with Crippen molar-refractivity contribution in [3.8, 4) is 0 Å². The fraction of sp³-hybridized carbons (Fsp3) is 0.818. The molecule has 0 rings (SSSR count). The number of carbonyl (C=O) groups is 2. The van der Waals surface area contributed by atoms with Gasteiger partial charge in [-0.3, -0.25) is 14.6 Å². The van der Waals surface area contributed by atoms with E-state index in [0.717, 1.165) is 0 Å². The van der Waals surface area contributed by atoms with Gasteiger partial charge in [-0.05, 0) is 19.1 Å². The van der Waals surface area contributed by atoms with E-state index in [4.69, 9.17) is 14.7 Å². The molecule has 0 saturated heterocycles. The van der Waals surface area contributed by atoms with Crippen molar-refractivity contribution in [1.82, 2.24) is 5.01 Å². The molecule has 0 aliphatic rings. The van der Waals surface area contributed by atoms with Gasteiger partial charge in [-0.15, -0.1) is 0 Å². The molecular weight excluding hydrogens is 254 g/mol. The Bertz CT molecular complexity index is 330. The molecule has 0 spiro atoms. The van der Waals surface area contributed by atoms with Crippen molar-refractivity contribution in [3.05, 3.63) is 0 Å². The second-order valence-electron chi connectivity index (χ2n) is 4.52. The zero-order chi connectivity index (χ0) is 15.0. The van der Waals surface area contributed by atoms with Crippen LogP contribution in [-0.4, -0.2) is 40.9 Å². The smallest absolute Gasteiger partial charge is 0.324 e. The molecule has 0 fully saturated rings. The van der Waals surface area contributed by atoms with Crippen LogP contribution >= 0.6 is 0 Å². The highest BCUT2D eigenvalue weighted by atomic mass is 16.8. The fourth-order valence-electron chi connectivity index (χ4n) is 0.912. The standard InChI is InChI=1S/C11H21N3O5/c1-7(2)11(17)18-9(5)19-13-12-14(8(3)4)6-10(15)16/h7-9H,6H2,1-5H3,(H,15,16)/b13-12-. The van der Waals surface area contributed by atoms with Crippen molar-refractivity contribution in [1.29, 1.82) is 0 Å². The Morgan fingerprint density at radius 1 is 1.21 bits per heavy atom. The number of hydrogen-bond acceptors (Lipinski definition) is 6. The topological polar surface area (TPSA) is 101 Å². The van der Waals surface area contributed by atoms with Gasteiger partial charge in [0.2, 0.25) is 0 Å². The summed E-state index contributed by atoms with van der Waals surface area (Å²) in [7, 11) is 0. The average Bonchev–Trinajstić information content (AvgIpc) is 2.26. The first-order chi connectivity index (χ1) is 8.73. The van der Waals surface area contributed by atoms with Crippen molar-refractivity contribution in [2.24, 2.45) is 16.4 Å². The Balaban J connectivity index is 4.23. The number of carbonyl (C=O) groups excluding carboxylic acids is 1. The minimum atomic E-state index is -1.02. The first-order valence-electron chi connectivity index (χ1n) is 5.99. The largest absolute Gasteiger partial charge is 0.480 e. The van der Waals surface area contributed by atoms with Gasteiger partial charge in [0.1, 0.15) is 6.54 Å². The number of nitrogens with zero attached hydrogens (tertiary/aromatic N) is 3. The van der Waals surface area contributed by atoms with E-state index in [1.165, 1.54) is 11.9 Å². The van der Waals surface area contributed by atoms with Gasteiger partial charge in [0, 0.05) is 18.2 Å². The Labute approximate surface area is 112 Å². The highest BCUT2D eigenvalue weighted by Crippen LogP contribution is 2.04. The van der Waals surface area contributed by atoms with Crippen LogP contribution in [0.15, 0.2) is 10.5 Å². The van der Waals surface area contributed by atoms with E-state index in [1.807, 2.05) is 0 Å². The number of rotatable bonds is 8. The number of carboxylic acids is 1. The molecule has 8 heteroatoms. The summed E-state index contributed by atoms with van der Waals surface area (Å²) in [6.45, 7) is 8.14. The summed E-state index contributed by atoms with van der Waals surface area (Å²) in [6.07, 6.45) is -0.877. The third-order valence-electron chi connectivity index (χ3n) is 1.99. The minimum absolute atomic E-state index is 0.142. The van der Waals surface area contributed by atoms with Gasteiger partial charge in [0.05, 0.1) is 5.92 Å². The van der Waals surface area contributed by atoms with Gasteiger partial charge in [-0.1, -0.05) is 13.8 Å². The third kappa shape index (κ3) is 7.96. The van der Waals surface area contributed by atoms with Crippen LogP contribution in [0.2, 0.25) is 0 Å². The molecule has 0 aromatic rings. The van der Waals surface area contributed by atoms with Crippen LogP contribution in [0.25, 0.3) is 0 Å². The Hall–Kier alpha value is -1.86. The number of aliphatic carboxylic acids is 1. The molecule has 0 aromatic carbocycles. The van der Waals surface area contributed by atoms with Crippen LogP contribution in [0.1, 0.15) is 34.6 Å². The lowest BCUT2D eigenvalue weighted by molar-refractivity contribution is -0.181. The lowest BCUT2D eigenvalue weighted by atomic mass is 10.2. The quantitative estimate of drug-likeness (QED) is 0.312. The van der Waals surface area contributed by atoms with Crippen LogP contribution < -0.4 is 0 Å². The van der Waals surface area contributed by atoms with E-state index >= 15 is 0 Å². The number of hydrogen-bond donors (Lipinski definition) is 1. The predicted molar refractivity (Wildman–Crippen MR) is 65.8 cm³/mol. The van der Waals surface area contributed by atoms with Crippen molar-refractivity contribution in [3.63, 3.8) is 0 Å². The van der Waals surface area contributed by atoms with Crippen molar-refractivity contribution >= 4 is 11.9 Å². The van der Waals surface area contributed by atoms with Crippen molar-refractivity contribution < 1.29 is 24.3 Å². The number of ether oxygens (including phenoxy) is 1. The minimum Gasteiger partial charge on any atom is -0.480 e. The summed E-state index contributed by atoms with van der Waals surface area (Å²) in [5.41, 5.74) is 0. The zero-order valence-electron chi connectivity index (χ0n) is 11.9. The van der Waals surface area contributed by atoms with Gasteiger partial charge in [0.25, 0.3) is 6.29 Å². The van der Waals surface area contributed by atoms with Gasteiger partial charge in [0.15, 0.2) is 0 Å². The van der Waals surface area contributed by atoms with Crippen LogP contribution in [-0.2, 0) is 19.2 Å². The van der Waals surface area contributed by atoms with Crippen molar-refractivity contribution in [2.75, 3.05) is 6.54 Å². The molecule has 0 bridgehead atoms. The lowest BCUT2D eigenvalue weighted by Gasteiger charge is -2.19. The second kappa shape index (κ2) is 8.28. The first-order valence-corrected chi connectivity index (χ1v) is 5.99. The summed E-state index contributed by atoms with van der Waals surface area (Å²) in [6, 6.07) is -0.142. The van der Waals surface area contributed by atoms with Crippen LogP contribution in [0.3, 0.4) is 0 Å². The molecule has 0 aliphatic carbocycles. The summed E-state index contributed by atoms with van der Waals surface area (Å²) in [5, 5.41) is 16.9. The van der Waals surface area contributed by atoms with Gasteiger partial charge in [-0.2, -0.15) is 0 Å². The molecule has 1 atom stereocenters. The normalized spacial score (nSPS) is 12.8. The molecule has 1 N–H and O–H groups in total. The van der Waals surface area contributed by atoms with E-state index in [1.54, 1.807) is 27.7 Å². The Morgan fingerprint density at radius 3 is 2.21 bits per heavy atom. The molecule has 0 aliphatic heterocycles. The van der Waals surface area contributed by atoms with Gasteiger partial charge in [-0.25, -0.2) is 0 Å². The molecule has 19 heavy (non-hydrogen) atoms. The van der Waals surface area contributed by atoms with E-state index in [-0.39, 0.29) is 18.5 Å². The molecule has 0 aromatic heterocycles. The van der Waals surface area contributed by atoms with E-state index in [0.29, 0.717) is 0 Å². The molecule has 8 nitrogen and oxygen atoms in total. The predicted octanol–water partition coefficient (Wildman–Crippen LogP) is 1.63. The molecular formula is C11H21N3O5. The maximum absolute atomic E-state index is 11.2. The summed E-state index contributed by atoms with van der Waals surface area (Å²) in [4.78, 5) is 26.6. The summed E-state index contributed by atoms with van der Waals surface area (Å²) >= 11 is 0. The number of carboxylic acid groups (broad SMARTS) is 1. The second-order valence-corrected chi connectivity index (χ2v) is 4.52. The maximum Gasteiger partial charge on any atom is 0.324 e. The van der Waals surface area contributed by atoms with E-state index < -0.39 is 18.2 Å². The fourth-order valence-corrected chi connectivity index (χ4v) is 0.912. The highest BCUT2D eigenvalue weighted by molar-refractivity contribution is 5.71. The molecule has 1 unspecified atom stereocenters.